The molecule has 3 heteroatoms. The lowest BCUT2D eigenvalue weighted by Gasteiger charge is -2.22. The first-order valence-electron chi connectivity index (χ1n) is 3.10. The molecule has 0 spiro atoms. The van der Waals surface area contributed by atoms with Crippen molar-refractivity contribution in [3.63, 3.8) is 0 Å². The Bertz CT molecular complexity index is 95.1. The number of rotatable bonds is 0. The molecule has 0 aliphatic carbocycles. The molecule has 56 valence electrons. The molecule has 1 N–H and O–H groups in total. The SMILES string of the molecule is C[N+]1(C)CCC(O)C1.[Br-]. The predicted octanol–water partition coefficient (Wildman–Crippen LogP) is -3.17. The number of halogens is 1. The van der Waals surface area contributed by atoms with Crippen molar-refractivity contribution >= 4 is 0 Å². The van der Waals surface area contributed by atoms with Crippen molar-refractivity contribution in [2.45, 2.75) is 12.5 Å². The van der Waals surface area contributed by atoms with Gasteiger partial charge in [-0.2, -0.15) is 0 Å². The van der Waals surface area contributed by atoms with Crippen LogP contribution in [-0.2, 0) is 0 Å². The summed E-state index contributed by atoms with van der Waals surface area (Å²) in [4.78, 5) is 0. The Morgan fingerprint density at radius 2 is 2.00 bits per heavy atom. The Balaban J connectivity index is 0.000000640. The van der Waals surface area contributed by atoms with E-state index in [1.165, 1.54) is 0 Å². The van der Waals surface area contributed by atoms with E-state index in [1.54, 1.807) is 0 Å². The molecule has 1 heterocycles. The van der Waals surface area contributed by atoms with Gasteiger partial charge in [0.05, 0.1) is 20.6 Å². The normalized spacial score (nSPS) is 31.7. The van der Waals surface area contributed by atoms with Crippen LogP contribution in [0.15, 0.2) is 0 Å². The zero-order chi connectivity index (χ0) is 6.20. The highest BCUT2D eigenvalue weighted by molar-refractivity contribution is 4.60. The summed E-state index contributed by atoms with van der Waals surface area (Å²) in [7, 11) is 4.30. The minimum absolute atomic E-state index is 0. The molecule has 1 aliphatic heterocycles. The molecule has 0 aromatic carbocycles. The third-order valence-electron chi connectivity index (χ3n) is 1.77. The number of aliphatic hydroxyl groups is 1. The second-order valence-corrected chi connectivity index (χ2v) is 3.28. The van der Waals surface area contributed by atoms with Gasteiger partial charge in [0.15, 0.2) is 0 Å². The van der Waals surface area contributed by atoms with Gasteiger partial charge in [0.25, 0.3) is 0 Å². The summed E-state index contributed by atoms with van der Waals surface area (Å²) in [5.41, 5.74) is 0. The van der Waals surface area contributed by atoms with Crippen molar-refractivity contribution in [3.8, 4) is 0 Å². The van der Waals surface area contributed by atoms with Crippen LogP contribution in [0.2, 0.25) is 0 Å². The van der Waals surface area contributed by atoms with Crippen LogP contribution in [0.1, 0.15) is 6.42 Å². The number of hydrogen-bond donors (Lipinski definition) is 1. The highest BCUT2D eigenvalue weighted by Crippen LogP contribution is 2.12. The van der Waals surface area contributed by atoms with Gasteiger partial charge in [-0.3, -0.25) is 0 Å². The smallest absolute Gasteiger partial charge is 0.108 e. The Hall–Kier alpha value is 0.400. The average molecular weight is 196 g/mol. The third kappa shape index (κ3) is 2.65. The lowest BCUT2D eigenvalue weighted by molar-refractivity contribution is -0.879. The maximum atomic E-state index is 9.05. The predicted molar refractivity (Wildman–Crippen MR) is 32.5 cm³/mol. The molecule has 1 rings (SSSR count). The summed E-state index contributed by atoms with van der Waals surface area (Å²) in [6, 6.07) is 0. The minimum atomic E-state index is -0.0370. The standard InChI is InChI=1S/C6H14NO.BrH/c1-7(2)4-3-6(8)5-7;/h6,8H,3-5H2,1-2H3;1H/q+1;/p-1. The summed E-state index contributed by atoms with van der Waals surface area (Å²) in [5, 5.41) is 9.05. The van der Waals surface area contributed by atoms with E-state index in [1.807, 2.05) is 0 Å². The fraction of sp³-hybridized carbons (Fsp3) is 1.00. The fourth-order valence-electron chi connectivity index (χ4n) is 1.25. The highest BCUT2D eigenvalue weighted by atomic mass is 79.9. The molecular formula is C6H14BrNO. The molecule has 1 aliphatic rings. The summed E-state index contributed by atoms with van der Waals surface area (Å²) in [5.74, 6) is 0. The van der Waals surface area contributed by atoms with Crippen molar-refractivity contribution in [1.29, 1.82) is 0 Å². The molecule has 1 saturated heterocycles. The maximum absolute atomic E-state index is 9.05. The molecule has 9 heavy (non-hydrogen) atoms. The summed E-state index contributed by atoms with van der Waals surface area (Å²) in [6.07, 6.45) is 0.942. The van der Waals surface area contributed by atoms with Gasteiger partial charge in [-0.1, -0.05) is 0 Å². The molecule has 0 saturated carbocycles. The molecule has 2 nitrogen and oxygen atoms in total. The topological polar surface area (TPSA) is 20.2 Å². The number of quaternary nitrogens is 1. The molecule has 0 aromatic rings. The second kappa shape index (κ2) is 2.99. The van der Waals surface area contributed by atoms with Crippen LogP contribution in [0.3, 0.4) is 0 Å². The number of nitrogens with zero attached hydrogens (tertiary/aromatic N) is 1. The molecule has 0 bridgehead atoms. The molecule has 0 aromatic heterocycles. The van der Waals surface area contributed by atoms with E-state index in [9.17, 15) is 0 Å². The first-order valence-corrected chi connectivity index (χ1v) is 3.10. The number of likely N-dealkylation sites (N-methyl/N-ethyl adjacent to an activating group) is 1. The number of hydrogen-bond acceptors (Lipinski definition) is 1. The molecule has 0 amide bonds. The van der Waals surface area contributed by atoms with Crippen LogP contribution in [-0.4, -0.2) is 42.9 Å². The monoisotopic (exact) mass is 195 g/mol. The van der Waals surface area contributed by atoms with Crippen molar-refractivity contribution < 1.29 is 26.6 Å². The maximum Gasteiger partial charge on any atom is 0.108 e. The lowest BCUT2D eigenvalue weighted by atomic mass is 10.3. The van der Waals surface area contributed by atoms with Crippen LogP contribution in [0.4, 0.5) is 0 Å². The molecule has 1 unspecified atom stereocenters. The van der Waals surface area contributed by atoms with Crippen molar-refractivity contribution in [2.24, 2.45) is 0 Å². The Kier molecular flexibility index (Phi) is 3.12. The Labute approximate surface area is 66.8 Å². The van der Waals surface area contributed by atoms with Gasteiger partial charge in [0, 0.05) is 6.42 Å². The van der Waals surface area contributed by atoms with E-state index >= 15 is 0 Å². The lowest BCUT2D eigenvalue weighted by Crippen LogP contribution is -3.00. The van der Waals surface area contributed by atoms with E-state index < -0.39 is 0 Å². The van der Waals surface area contributed by atoms with Crippen LogP contribution < -0.4 is 17.0 Å². The second-order valence-electron chi connectivity index (χ2n) is 3.28. The van der Waals surface area contributed by atoms with Gasteiger partial charge in [0.1, 0.15) is 12.6 Å². The van der Waals surface area contributed by atoms with Gasteiger partial charge >= 0.3 is 0 Å². The van der Waals surface area contributed by atoms with Crippen LogP contribution in [0.25, 0.3) is 0 Å². The number of aliphatic hydroxyl groups excluding tert-OH is 1. The zero-order valence-electron chi connectivity index (χ0n) is 5.97. The Morgan fingerprint density at radius 1 is 1.44 bits per heavy atom. The van der Waals surface area contributed by atoms with E-state index in [2.05, 4.69) is 14.1 Å². The van der Waals surface area contributed by atoms with Crippen LogP contribution in [0.5, 0.6) is 0 Å². The average Bonchev–Trinajstić information content (AvgIpc) is 1.82. The zero-order valence-corrected chi connectivity index (χ0v) is 7.56. The minimum Gasteiger partial charge on any atom is -1.00 e. The van der Waals surface area contributed by atoms with Crippen LogP contribution in [0, 0.1) is 0 Å². The molecule has 1 atom stereocenters. The first-order chi connectivity index (χ1) is 3.60. The van der Waals surface area contributed by atoms with Gasteiger partial charge in [-0.05, 0) is 0 Å². The van der Waals surface area contributed by atoms with E-state index in [0.29, 0.717) is 0 Å². The summed E-state index contributed by atoms with van der Waals surface area (Å²) >= 11 is 0. The number of likely N-dealkylation sites (tertiary alicyclic amines) is 1. The van der Waals surface area contributed by atoms with Crippen molar-refractivity contribution in [3.05, 3.63) is 0 Å². The Morgan fingerprint density at radius 3 is 2.11 bits per heavy atom. The van der Waals surface area contributed by atoms with E-state index in [-0.39, 0.29) is 23.1 Å². The molecule has 0 radical (unpaired) electrons. The fourth-order valence-corrected chi connectivity index (χ4v) is 1.25. The van der Waals surface area contributed by atoms with Gasteiger partial charge < -0.3 is 26.6 Å². The summed E-state index contributed by atoms with van der Waals surface area (Å²) < 4.78 is 0.987. The summed E-state index contributed by atoms with van der Waals surface area (Å²) in [6.45, 7) is 2.06. The third-order valence-corrected chi connectivity index (χ3v) is 1.77. The van der Waals surface area contributed by atoms with E-state index in [4.69, 9.17) is 5.11 Å². The van der Waals surface area contributed by atoms with Gasteiger partial charge in [-0.15, -0.1) is 0 Å². The molecular weight excluding hydrogens is 182 g/mol. The first kappa shape index (κ1) is 9.40. The van der Waals surface area contributed by atoms with E-state index in [0.717, 1.165) is 24.0 Å². The largest absolute Gasteiger partial charge is 1.00 e. The van der Waals surface area contributed by atoms with Crippen molar-refractivity contribution in [2.75, 3.05) is 27.2 Å². The highest BCUT2D eigenvalue weighted by Gasteiger charge is 2.28. The van der Waals surface area contributed by atoms with Gasteiger partial charge in [0.2, 0.25) is 0 Å². The van der Waals surface area contributed by atoms with Crippen LogP contribution >= 0.6 is 0 Å². The quantitative estimate of drug-likeness (QED) is 0.405. The van der Waals surface area contributed by atoms with Gasteiger partial charge in [-0.25, -0.2) is 0 Å². The molecule has 1 fully saturated rings. The van der Waals surface area contributed by atoms with Crippen molar-refractivity contribution in [1.82, 2.24) is 0 Å².